The first-order chi connectivity index (χ1) is 11.2. The van der Waals surface area contributed by atoms with E-state index in [4.69, 9.17) is 9.47 Å². The van der Waals surface area contributed by atoms with Gasteiger partial charge in [0.15, 0.2) is 5.78 Å². The van der Waals surface area contributed by atoms with E-state index in [1.165, 1.54) is 12.8 Å². The minimum atomic E-state index is -0.296. The normalized spacial score (nSPS) is 35.0. The molecule has 3 saturated heterocycles. The number of ether oxygens (including phenoxy) is 2. The van der Waals surface area contributed by atoms with Crippen LogP contribution in [0.2, 0.25) is 0 Å². The van der Waals surface area contributed by atoms with E-state index in [1.54, 1.807) is 0 Å². The maximum atomic E-state index is 12.7. The van der Waals surface area contributed by atoms with Gasteiger partial charge in [-0.2, -0.15) is 0 Å². The molecule has 1 aliphatic carbocycles. The first-order valence-electron chi connectivity index (χ1n) is 8.93. The number of carbonyl (C=O) groups is 1. The molecule has 4 aliphatic heterocycles. The summed E-state index contributed by atoms with van der Waals surface area (Å²) in [5.41, 5.74) is 0.432. The molecule has 1 aromatic carbocycles. The summed E-state index contributed by atoms with van der Waals surface area (Å²) in [6.45, 7) is 3.99. The van der Waals surface area contributed by atoms with Gasteiger partial charge in [0, 0.05) is 18.5 Å². The van der Waals surface area contributed by atoms with Crippen molar-refractivity contribution in [1.29, 1.82) is 0 Å². The molecule has 5 aliphatic rings. The van der Waals surface area contributed by atoms with E-state index < -0.39 is 0 Å². The molecule has 0 amide bonds. The largest absolute Gasteiger partial charge is 0.493 e. The topological polar surface area (TPSA) is 38.8 Å². The number of hydrogen-bond acceptors (Lipinski definition) is 4. The number of rotatable bonds is 3. The van der Waals surface area contributed by atoms with Gasteiger partial charge in [-0.15, -0.1) is 0 Å². The highest BCUT2D eigenvalue weighted by Crippen LogP contribution is 2.46. The van der Waals surface area contributed by atoms with Crippen molar-refractivity contribution in [2.45, 2.75) is 37.7 Å². The van der Waals surface area contributed by atoms with Crippen molar-refractivity contribution in [3.8, 4) is 11.5 Å². The molecule has 4 heteroatoms. The van der Waals surface area contributed by atoms with Crippen LogP contribution in [-0.2, 0) is 0 Å². The van der Waals surface area contributed by atoms with Crippen LogP contribution in [0.15, 0.2) is 18.2 Å². The van der Waals surface area contributed by atoms with Crippen molar-refractivity contribution in [2.24, 2.45) is 11.8 Å². The van der Waals surface area contributed by atoms with Crippen LogP contribution < -0.4 is 9.47 Å². The number of fused-ring (bicyclic) bond motifs is 3. The van der Waals surface area contributed by atoms with E-state index in [1.807, 2.05) is 18.2 Å². The van der Waals surface area contributed by atoms with E-state index in [0.29, 0.717) is 12.3 Å². The van der Waals surface area contributed by atoms with E-state index in [2.05, 4.69) is 4.90 Å². The van der Waals surface area contributed by atoms with Crippen LogP contribution in [0, 0.1) is 11.8 Å². The predicted molar refractivity (Wildman–Crippen MR) is 86.1 cm³/mol. The van der Waals surface area contributed by atoms with Gasteiger partial charge in [-0.05, 0) is 56.8 Å². The SMILES string of the molecule is O=C1C[C@]2(CN3CCC2CC3)Oc2cc(OCC3CC3)ccc21. The lowest BCUT2D eigenvalue weighted by Crippen LogP contribution is -2.63. The number of nitrogens with zero attached hydrogens (tertiary/aromatic N) is 1. The van der Waals surface area contributed by atoms with Crippen molar-refractivity contribution in [3.63, 3.8) is 0 Å². The molecule has 2 bridgehead atoms. The lowest BCUT2D eigenvalue weighted by molar-refractivity contribution is -0.0959. The number of piperidine rings is 3. The monoisotopic (exact) mass is 313 g/mol. The highest BCUT2D eigenvalue weighted by Gasteiger charge is 2.52. The molecule has 0 unspecified atom stereocenters. The summed E-state index contributed by atoms with van der Waals surface area (Å²) in [7, 11) is 0. The first-order valence-corrected chi connectivity index (χ1v) is 8.93. The van der Waals surface area contributed by atoms with Gasteiger partial charge in [0.05, 0.1) is 18.6 Å². The third-order valence-corrected chi connectivity index (χ3v) is 6.03. The molecule has 23 heavy (non-hydrogen) atoms. The molecule has 1 spiro atoms. The van der Waals surface area contributed by atoms with E-state index in [-0.39, 0.29) is 11.4 Å². The van der Waals surface area contributed by atoms with Crippen molar-refractivity contribution in [1.82, 2.24) is 4.90 Å². The summed E-state index contributed by atoms with van der Waals surface area (Å²) in [6, 6.07) is 5.74. The van der Waals surface area contributed by atoms with Crippen LogP contribution in [-0.4, -0.2) is 42.5 Å². The van der Waals surface area contributed by atoms with Crippen molar-refractivity contribution >= 4 is 5.78 Å². The van der Waals surface area contributed by atoms with E-state index in [9.17, 15) is 4.79 Å². The Morgan fingerprint density at radius 2 is 2.04 bits per heavy atom. The summed E-state index contributed by atoms with van der Waals surface area (Å²) < 4.78 is 12.4. The fraction of sp³-hybridized carbons (Fsp3) is 0.632. The second kappa shape index (κ2) is 4.97. The van der Waals surface area contributed by atoms with Gasteiger partial charge in [-0.1, -0.05) is 0 Å². The Labute approximate surface area is 136 Å². The minimum Gasteiger partial charge on any atom is -0.493 e. The highest BCUT2D eigenvalue weighted by molar-refractivity contribution is 6.00. The second-order valence-corrected chi connectivity index (χ2v) is 7.73. The Bertz CT molecular complexity index is 646. The molecule has 0 N–H and O–H groups in total. The van der Waals surface area contributed by atoms with E-state index in [0.717, 1.165) is 62.1 Å². The zero-order valence-corrected chi connectivity index (χ0v) is 13.4. The third kappa shape index (κ3) is 2.35. The molecular weight excluding hydrogens is 290 g/mol. The smallest absolute Gasteiger partial charge is 0.170 e. The van der Waals surface area contributed by atoms with Crippen LogP contribution in [0.25, 0.3) is 0 Å². The van der Waals surface area contributed by atoms with Crippen molar-refractivity contribution < 1.29 is 14.3 Å². The Balaban J connectivity index is 1.43. The highest BCUT2D eigenvalue weighted by atomic mass is 16.5. The van der Waals surface area contributed by atoms with Crippen LogP contribution in [0.3, 0.4) is 0 Å². The average molecular weight is 313 g/mol. The average Bonchev–Trinajstić information content (AvgIpc) is 3.38. The van der Waals surface area contributed by atoms with Gasteiger partial charge in [-0.3, -0.25) is 9.69 Å². The number of carbonyl (C=O) groups excluding carboxylic acids is 1. The van der Waals surface area contributed by atoms with Gasteiger partial charge in [-0.25, -0.2) is 0 Å². The molecule has 4 heterocycles. The zero-order valence-electron chi connectivity index (χ0n) is 13.4. The Morgan fingerprint density at radius 1 is 1.22 bits per heavy atom. The quantitative estimate of drug-likeness (QED) is 0.860. The molecule has 4 nitrogen and oxygen atoms in total. The van der Waals surface area contributed by atoms with Gasteiger partial charge in [0.2, 0.25) is 0 Å². The second-order valence-electron chi connectivity index (χ2n) is 7.73. The minimum absolute atomic E-state index is 0.230. The summed E-state index contributed by atoms with van der Waals surface area (Å²) in [5.74, 6) is 3.04. The summed E-state index contributed by atoms with van der Waals surface area (Å²) >= 11 is 0. The Hall–Kier alpha value is -1.55. The van der Waals surface area contributed by atoms with Crippen LogP contribution in [0.4, 0.5) is 0 Å². The van der Waals surface area contributed by atoms with Gasteiger partial charge >= 0.3 is 0 Å². The van der Waals surface area contributed by atoms with Crippen LogP contribution in [0.5, 0.6) is 11.5 Å². The number of ketones is 1. The third-order valence-electron chi connectivity index (χ3n) is 6.03. The van der Waals surface area contributed by atoms with Gasteiger partial charge in [0.25, 0.3) is 0 Å². The maximum absolute atomic E-state index is 12.7. The Kier molecular flexibility index (Phi) is 2.99. The fourth-order valence-electron chi connectivity index (χ4n) is 4.47. The predicted octanol–water partition coefficient (Wildman–Crippen LogP) is 2.91. The summed E-state index contributed by atoms with van der Waals surface area (Å²) in [4.78, 5) is 15.1. The number of benzene rings is 1. The molecule has 1 saturated carbocycles. The van der Waals surface area contributed by atoms with Crippen molar-refractivity contribution in [2.75, 3.05) is 26.2 Å². The fourth-order valence-corrected chi connectivity index (χ4v) is 4.47. The molecular formula is C19H23NO3. The summed E-state index contributed by atoms with van der Waals surface area (Å²) in [5, 5.41) is 0. The molecule has 6 rings (SSSR count). The lowest BCUT2D eigenvalue weighted by atomic mass is 9.71. The number of hydrogen-bond donors (Lipinski definition) is 0. The lowest BCUT2D eigenvalue weighted by Gasteiger charge is -2.54. The summed E-state index contributed by atoms with van der Waals surface area (Å²) in [6.07, 6.45) is 5.39. The zero-order chi connectivity index (χ0) is 15.4. The maximum Gasteiger partial charge on any atom is 0.170 e. The molecule has 1 aromatic rings. The number of Topliss-reactive ketones (excluding diaryl/α,β-unsaturated/α-hetero) is 1. The standard InChI is InChI=1S/C19H23NO3/c21-17-10-19(12-20-7-5-14(19)6-8-20)23-18-9-15(3-4-16(17)18)22-11-13-1-2-13/h3-4,9,13-14H,1-2,5-8,10-12H2/t19-/m1/s1. The molecule has 122 valence electrons. The van der Waals surface area contributed by atoms with E-state index >= 15 is 0 Å². The first kappa shape index (κ1) is 13.8. The van der Waals surface area contributed by atoms with Gasteiger partial charge in [0.1, 0.15) is 17.1 Å². The molecule has 1 atom stereocenters. The molecule has 4 fully saturated rings. The van der Waals surface area contributed by atoms with Gasteiger partial charge < -0.3 is 9.47 Å². The Morgan fingerprint density at radius 3 is 2.74 bits per heavy atom. The van der Waals surface area contributed by atoms with Crippen LogP contribution in [0.1, 0.15) is 42.5 Å². The molecule has 0 radical (unpaired) electrons. The van der Waals surface area contributed by atoms with Crippen molar-refractivity contribution in [3.05, 3.63) is 23.8 Å². The molecule has 0 aromatic heterocycles. The van der Waals surface area contributed by atoms with Crippen LogP contribution >= 0.6 is 0 Å².